The van der Waals surface area contributed by atoms with Gasteiger partial charge in [0, 0.05) is 24.8 Å². The van der Waals surface area contributed by atoms with E-state index in [1.807, 2.05) is 48.5 Å². The van der Waals surface area contributed by atoms with Crippen LogP contribution in [0.3, 0.4) is 0 Å². The Morgan fingerprint density at radius 2 is 1.97 bits per heavy atom. The zero-order valence-electron chi connectivity index (χ0n) is 16.3. The fourth-order valence-corrected chi connectivity index (χ4v) is 3.56. The molecule has 1 aromatic carbocycles. The van der Waals surface area contributed by atoms with Crippen molar-refractivity contribution in [2.45, 2.75) is 12.8 Å². The number of rotatable bonds is 5. The molecule has 29 heavy (non-hydrogen) atoms. The predicted molar refractivity (Wildman–Crippen MR) is 112 cm³/mol. The molecule has 7 heteroatoms. The Balaban J connectivity index is 1.45. The lowest BCUT2D eigenvalue weighted by Crippen LogP contribution is -2.41. The number of piperidine rings is 1. The van der Waals surface area contributed by atoms with Gasteiger partial charge in [-0.05, 0) is 49.2 Å². The average molecular weight is 389 g/mol. The van der Waals surface area contributed by atoms with Crippen LogP contribution in [0.1, 0.15) is 12.8 Å². The van der Waals surface area contributed by atoms with E-state index >= 15 is 0 Å². The molecule has 0 spiro atoms. The van der Waals surface area contributed by atoms with Gasteiger partial charge in [0.05, 0.1) is 18.7 Å². The number of amides is 1. The van der Waals surface area contributed by atoms with Gasteiger partial charge in [-0.15, -0.1) is 10.2 Å². The molecule has 0 aliphatic carbocycles. The van der Waals surface area contributed by atoms with Crippen molar-refractivity contribution in [2.24, 2.45) is 5.92 Å². The number of hydrogen-bond acceptors (Lipinski definition) is 6. The molecular formula is C22H23N5O2. The summed E-state index contributed by atoms with van der Waals surface area (Å²) in [4.78, 5) is 18.9. The Labute approximate surface area is 169 Å². The van der Waals surface area contributed by atoms with Crippen LogP contribution < -0.4 is 15.0 Å². The van der Waals surface area contributed by atoms with E-state index in [9.17, 15) is 4.79 Å². The van der Waals surface area contributed by atoms with Crippen molar-refractivity contribution < 1.29 is 9.53 Å². The summed E-state index contributed by atoms with van der Waals surface area (Å²) in [6.45, 7) is 1.47. The molecule has 2 aromatic heterocycles. The second-order valence-corrected chi connectivity index (χ2v) is 6.97. The van der Waals surface area contributed by atoms with Crippen LogP contribution in [0, 0.1) is 5.92 Å². The number of aromatic nitrogens is 3. The lowest BCUT2D eigenvalue weighted by molar-refractivity contribution is -0.120. The molecule has 0 saturated carbocycles. The van der Waals surface area contributed by atoms with Gasteiger partial charge in [-0.25, -0.2) is 4.98 Å². The van der Waals surface area contributed by atoms with Crippen LogP contribution in [-0.4, -0.2) is 41.3 Å². The van der Waals surface area contributed by atoms with Crippen molar-refractivity contribution in [3.63, 3.8) is 0 Å². The standard InChI is InChI=1S/C22H23N5O2/c1-29-19-9-3-2-8-17(19)18-11-12-21(26-25-18)27-14-6-7-16(15-27)22(28)24-20-10-4-5-13-23-20/h2-5,8-13,16H,6-7,14-15H2,1H3,(H,23,24,28). The van der Waals surface area contributed by atoms with Crippen molar-refractivity contribution in [1.29, 1.82) is 0 Å². The Morgan fingerprint density at radius 3 is 2.72 bits per heavy atom. The fourth-order valence-electron chi connectivity index (χ4n) is 3.56. The van der Waals surface area contributed by atoms with Gasteiger partial charge in [0.1, 0.15) is 11.6 Å². The third-order valence-electron chi connectivity index (χ3n) is 5.07. The van der Waals surface area contributed by atoms with E-state index in [0.29, 0.717) is 12.4 Å². The zero-order chi connectivity index (χ0) is 20.1. The number of pyridine rings is 1. The lowest BCUT2D eigenvalue weighted by atomic mass is 9.97. The van der Waals surface area contributed by atoms with E-state index in [1.165, 1.54) is 0 Å². The van der Waals surface area contributed by atoms with Crippen LogP contribution >= 0.6 is 0 Å². The van der Waals surface area contributed by atoms with Gasteiger partial charge in [-0.3, -0.25) is 4.79 Å². The third-order valence-corrected chi connectivity index (χ3v) is 5.07. The van der Waals surface area contributed by atoms with E-state index in [2.05, 4.69) is 25.4 Å². The number of carbonyl (C=O) groups excluding carboxylic acids is 1. The number of methoxy groups -OCH3 is 1. The Bertz CT molecular complexity index is 962. The normalized spacial score (nSPS) is 16.3. The first-order chi connectivity index (χ1) is 14.2. The molecule has 148 valence electrons. The molecule has 7 nitrogen and oxygen atoms in total. The number of nitrogens with one attached hydrogen (secondary N) is 1. The molecule has 0 bridgehead atoms. The van der Waals surface area contributed by atoms with Gasteiger partial charge < -0.3 is 15.0 Å². The van der Waals surface area contributed by atoms with Crippen LogP contribution in [0.25, 0.3) is 11.3 Å². The zero-order valence-corrected chi connectivity index (χ0v) is 16.3. The van der Waals surface area contributed by atoms with Crippen molar-refractivity contribution in [2.75, 3.05) is 30.4 Å². The number of nitrogens with zero attached hydrogens (tertiary/aromatic N) is 4. The van der Waals surface area contributed by atoms with E-state index in [1.54, 1.807) is 19.4 Å². The van der Waals surface area contributed by atoms with E-state index in [-0.39, 0.29) is 11.8 Å². The van der Waals surface area contributed by atoms with Crippen LogP contribution in [0.2, 0.25) is 0 Å². The smallest absolute Gasteiger partial charge is 0.230 e. The van der Waals surface area contributed by atoms with E-state index in [4.69, 9.17) is 4.74 Å². The highest BCUT2D eigenvalue weighted by Gasteiger charge is 2.27. The second kappa shape index (κ2) is 8.68. The maximum atomic E-state index is 12.6. The van der Waals surface area contributed by atoms with Crippen LogP contribution in [-0.2, 0) is 4.79 Å². The molecule has 1 saturated heterocycles. The van der Waals surface area contributed by atoms with Gasteiger partial charge in [0.15, 0.2) is 5.82 Å². The maximum Gasteiger partial charge on any atom is 0.230 e. The minimum absolute atomic E-state index is 0.00741. The largest absolute Gasteiger partial charge is 0.496 e. The van der Waals surface area contributed by atoms with E-state index in [0.717, 1.165) is 42.2 Å². The molecule has 1 amide bonds. The first-order valence-electron chi connectivity index (χ1n) is 9.68. The van der Waals surface area contributed by atoms with Gasteiger partial charge in [-0.1, -0.05) is 18.2 Å². The summed E-state index contributed by atoms with van der Waals surface area (Å²) < 4.78 is 5.41. The van der Waals surface area contributed by atoms with Crippen LogP contribution in [0.15, 0.2) is 60.8 Å². The molecule has 1 aliphatic heterocycles. The first kappa shape index (κ1) is 18.9. The summed E-state index contributed by atoms with van der Waals surface area (Å²) in [5, 5.41) is 11.7. The summed E-state index contributed by atoms with van der Waals surface area (Å²) in [6.07, 6.45) is 3.44. The number of anilines is 2. The Kier molecular flexibility index (Phi) is 5.65. The number of hydrogen-bond donors (Lipinski definition) is 1. The number of benzene rings is 1. The summed E-state index contributed by atoms with van der Waals surface area (Å²) in [5.74, 6) is 2.00. The molecule has 1 atom stereocenters. The molecule has 0 radical (unpaired) electrons. The molecule has 3 heterocycles. The summed E-state index contributed by atoms with van der Waals surface area (Å²) in [5.41, 5.74) is 1.66. The first-order valence-corrected chi connectivity index (χ1v) is 9.68. The molecular weight excluding hydrogens is 366 g/mol. The summed E-state index contributed by atoms with van der Waals surface area (Å²) in [6, 6.07) is 17.1. The van der Waals surface area contributed by atoms with Crippen LogP contribution in [0.4, 0.5) is 11.6 Å². The minimum atomic E-state index is -0.110. The average Bonchev–Trinajstić information content (AvgIpc) is 2.80. The highest BCUT2D eigenvalue weighted by molar-refractivity contribution is 5.92. The topological polar surface area (TPSA) is 80.2 Å². The molecule has 3 aromatic rings. The van der Waals surface area contributed by atoms with Crippen LogP contribution in [0.5, 0.6) is 5.75 Å². The second-order valence-electron chi connectivity index (χ2n) is 6.97. The Hall–Kier alpha value is -3.48. The van der Waals surface area contributed by atoms with Gasteiger partial charge >= 0.3 is 0 Å². The van der Waals surface area contributed by atoms with Gasteiger partial charge in [0.2, 0.25) is 5.91 Å². The number of ether oxygens (including phenoxy) is 1. The van der Waals surface area contributed by atoms with Crippen molar-refractivity contribution in [3.05, 3.63) is 60.8 Å². The SMILES string of the molecule is COc1ccccc1-c1ccc(N2CCCC(C(=O)Nc3ccccn3)C2)nn1. The summed E-state index contributed by atoms with van der Waals surface area (Å²) in [7, 11) is 1.64. The predicted octanol–water partition coefficient (Wildman–Crippen LogP) is 3.40. The molecule has 4 rings (SSSR count). The molecule has 1 N–H and O–H groups in total. The highest BCUT2D eigenvalue weighted by Crippen LogP contribution is 2.29. The van der Waals surface area contributed by atoms with Crippen molar-refractivity contribution in [1.82, 2.24) is 15.2 Å². The van der Waals surface area contributed by atoms with E-state index < -0.39 is 0 Å². The summed E-state index contributed by atoms with van der Waals surface area (Å²) >= 11 is 0. The van der Waals surface area contributed by atoms with Gasteiger partial charge in [0.25, 0.3) is 0 Å². The highest BCUT2D eigenvalue weighted by atomic mass is 16.5. The number of carbonyl (C=O) groups is 1. The third kappa shape index (κ3) is 4.34. The monoisotopic (exact) mass is 389 g/mol. The quantitative estimate of drug-likeness (QED) is 0.720. The van der Waals surface area contributed by atoms with Gasteiger partial charge in [-0.2, -0.15) is 0 Å². The molecule has 1 fully saturated rings. The Morgan fingerprint density at radius 1 is 1.10 bits per heavy atom. The fraction of sp³-hybridized carbons (Fsp3) is 0.273. The molecule has 1 unspecified atom stereocenters. The molecule has 1 aliphatic rings. The van der Waals surface area contributed by atoms with Crippen molar-refractivity contribution >= 4 is 17.5 Å². The maximum absolute atomic E-state index is 12.6. The number of para-hydroxylation sites is 1. The minimum Gasteiger partial charge on any atom is -0.496 e. The van der Waals surface area contributed by atoms with Crippen molar-refractivity contribution in [3.8, 4) is 17.0 Å². The lowest BCUT2D eigenvalue weighted by Gasteiger charge is -2.32.